The van der Waals surface area contributed by atoms with E-state index in [0.29, 0.717) is 18.0 Å². The third-order valence-corrected chi connectivity index (χ3v) is 3.13. The SMILES string of the molecule is Cc1ccc(NC(=O)[C@@H](N)CC(C)C)cc1-n1cnnn1. The third kappa shape index (κ3) is 3.85. The zero-order chi connectivity index (χ0) is 15.4. The van der Waals surface area contributed by atoms with Crippen LogP contribution in [0.4, 0.5) is 5.69 Å². The van der Waals surface area contributed by atoms with E-state index in [4.69, 9.17) is 5.73 Å². The van der Waals surface area contributed by atoms with E-state index in [0.717, 1.165) is 11.3 Å². The Labute approximate surface area is 123 Å². The van der Waals surface area contributed by atoms with E-state index in [-0.39, 0.29) is 5.91 Å². The Bertz CT molecular complexity index is 608. The van der Waals surface area contributed by atoms with Crippen LogP contribution >= 0.6 is 0 Å². The predicted octanol–water partition coefficient (Wildman–Crippen LogP) is 1.28. The van der Waals surface area contributed by atoms with Gasteiger partial charge in [-0.05, 0) is 47.4 Å². The molecule has 0 radical (unpaired) electrons. The number of anilines is 1. The summed E-state index contributed by atoms with van der Waals surface area (Å²) in [5, 5.41) is 13.9. The van der Waals surface area contributed by atoms with E-state index in [9.17, 15) is 4.79 Å². The molecule has 0 aliphatic heterocycles. The van der Waals surface area contributed by atoms with Gasteiger partial charge in [0.15, 0.2) is 0 Å². The Balaban J connectivity index is 2.15. The highest BCUT2D eigenvalue weighted by Gasteiger charge is 2.15. The van der Waals surface area contributed by atoms with Crippen LogP contribution in [-0.4, -0.2) is 32.2 Å². The molecule has 21 heavy (non-hydrogen) atoms. The molecule has 2 rings (SSSR count). The molecule has 1 heterocycles. The van der Waals surface area contributed by atoms with Crippen LogP contribution in [0.2, 0.25) is 0 Å². The maximum absolute atomic E-state index is 12.0. The molecule has 0 saturated carbocycles. The summed E-state index contributed by atoms with van der Waals surface area (Å²) in [6, 6.07) is 5.05. The summed E-state index contributed by atoms with van der Waals surface area (Å²) in [6.45, 7) is 6.02. The van der Waals surface area contributed by atoms with E-state index in [1.165, 1.54) is 6.33 Å². The first kappa shape index (κ1) is 15.1. The van der Waals surface area contributed by atoms with E-state index in [2.05, 4.69) is 20.8 Å². The number of hydrogen-bond acceptors (Lipinski definition) is 5. The number of carbonyl (C=O) groups is 1. The number of tetrazole rings is 1. The molecule has 1 amide bonds. The fourth-order valence-electron chi connectivity index (χ4n) is 2.06. The Kier molecular flexibility index (Phi) is 4.64. The molecule has 112 valence electrons. The highest BCUT2D eigenvalue weighted by Crippen LogP contribution is 2.18. The molecule has 0 aliphatic carbocycles. The average molecular weight is 288 g/mol. The fourth-order valence-corrected chi connectivity index (χ4v) is 2.06. The van der Waals surface area contributed by atoms with Crippen LogP contribution in [0.5, 0.6) is 0 Å². The lowest BCUT2D eigenvalue weighted by Gasteiger charge is -2.15. The average Bonchev–Trinajstić information content (AvgIpc) is 2.94. The molecule has 1 atom stereocenters. The van der Waals surface area contributed by atoms with Gasteiger partial charge in [-0.15, -0.1) is 5.10 Å². The van der Waals surface area contributed by atoms with Crippen molar-refractivity contribution in [3.05, 3.63) is 30.1 Å². The van der Waals surface area contributed by atoms with Gasteiger partial charge < -0.3 is 11.1 Å². The highest BCUT2D eigenvalue weighted by atomic mass is 16.2. The first-order chi connectivity index (χ1) is 9.97. The molecule has 1 aromatic heterocycles. The van der Waals surface area contributed by atoms with Crippen LogP contribution in [0, 0.1) is 12.8 Å². The number of aryl methyl sites for hydroxylation is 1. The number of nitrogens with two attached hydrogens (primary N) is 1. The van der Waals surface area contributed by atoms with E-state index in [1.54, 1.807) is 4.68 Å². The van der Waals surface area contributed by atoms with Gasteiger partial charge >= 0.3 is 0 Å². The monoisotopic (exact) mass is 288 g/mol. The van der Waals surface area contributed by atoms with Gasteiger partial charge in [0.05, 0.1) is 11.7 Å². The van der Waals surface area contributed by atoms with Gasteiger partial charge in [0.25, 0.3) is 0 Å². The van der Waals surface area contributed by atoms with Gasteiger partial charge in [0.2, 0.25) is 5.91 Å². The summed E-state index contributed by atoms with van der Waals surface area (Å²) in [5.74, 6) is 0.191. The van der Waals surface area contributed by atoms with Gasteiger partial charge in [-0.25, -0.2) is 4.68 Å². The maximum Gasteiger partial charge on any atom is 0.241 e. The van der Waals surface area contributed by atoms with Gasteiger partial charge in [-0.2, -0.15) is 0 Å². The van der Waals surface area contributed by atoms with E-state index < -0.39 is 6.04 Å². The lowest BCUT2D eigenvalue weighted by atomic mass is 10.0. The smallest absolute Gasteiger partial charge is 0.241 e. The Hall–Kier alpha value is -2.28. The molecule has 3 N–H and O–H groups in total. The fraction of sp³-hybridized carbons (Fsp3) is 0.429. The van der Waals surface area contributed by atoms with Crippen molar-refractivity contribution < 1.29 is 4.79 Å². The molecule has 2 aromatic rings. The second-order valence-electron chi connectivity index (χ2n) is 5.48. The summed E-state index contributed by atoms with van der Waals surface area (Å²) >= 11 is 0. The summed E-state index contributed by atoms with van der Waals surface area (Å²) in [5.41, 5.74) is 8.38. The Morgan fingerprint density at radius 2 is 2.19 bits per heavy atom. The van der Waals surface area contributed by atoms with E-state index >= 15 is 0 Å². The first-order valence-electron chi connectivity index (χ1n) is 6.88. The first-order valence-corrected chi connectivity index (χ1v) is 6.88. The van der Waals surface area contributed by atoms with E-state index in [1.807, 2.05) is 39.0 Å². The minimum Gasteiger partial charge on any atom is -0.325 e. The maximum atomic E-state index is 12.0. The molecule has 0 bridgehead atoms. The van der Waals surface area contributed by atoms with Crippen LogP contribution in [0.25, 0.3) is 5.69 Å². The molecule has 0 saturated heterocycles. The summed E-state index contributed by atoms with van der Waals surface area (Å²) in [6.07, 6.45) is 2.16. The molecule has 0 unspecified atom stereocenters. The van der Waals surface area contributed by atoms with Gasteiger partial charge in [-0.3, -0.25) is 4.79 Å². The van der Waals surface area contributed by atoms with Crippen molar-refractivity contribution in [1.82, 2.24) is 20.2 Å². The molecule has 0 aliphatic rings. The second-order valence-corrected chi connectivity index (χ2v) is 5.48. The summed E-state index contributed by atoms with van der Waals surface area (Å²) in [4.78, 5) is 12.0. The third-order valence-electron chi connectivity index (χ3n) is 3.13. The second kappa shape index (κ2) is 6.45. The number of carbonyl (C=O) groups excluding carboxylic acids is 1. The number of amides is 1. The minimum absolute atomic E-state index is 0.185. The number of rotatable bonds is 5. The molecule has 7 heteroatoms. The van der Waals surface area contributed by atoms with Crippen molar-refractivity contribution >= 4 is 11.6 Å². The van der Waals surface area contributed by atoms with Gasteiger partial charge in [-0.1, -0.05) is 19.9 Å². The van der Waals surface area contributed by atoms with Crippen LogP contribution in [0.1, 0.15) is 25.8 Å². The highest BCUT2D eigenvalue weighted by molar-refractivity contribution is 5.94. The van der Waals surface area contributed by atoms with Crippen molar-refractivity contribution in [2.45, 2.75) is 33.2 Å². The molecule has 0 fully saturated rings. The van der Waals surface area contributed by atoms with Crippen molar-refractivity contribution in [2.75, 3.05) is 5.32 Å². The largest absolute Gasteiger partial charge is 0.325 e. The van der Waals surface area contributed by atoms with Crippen molar-refractivity contribution in [2.24, 2.45) is 11.7 Å². The van der Waals surface area contributed by atoms with Crippen LogP contribution in [-0.2, 0) is 4.79 Å². The van der Waals surface area contributed by atoms with Crippen molar-refractivity contribution in [3.8, 4) is 5.69 Å². The predicted molar refractivity (Wildman–Crippen MR) is 80.0 cm³/mol. The van der Waals surface area contributed by atoms with Crippen LogP contribution < -0.4 is 11.1 Å². The molecular weight excluding hydrogens is 268 g/mol. The lowest BCUT2D eigenvalue weighted by molar-refractivity contribution is -0.117. The van der Waals surface area contributed by atoms with Crippen LogP contribution in [0.15, 0.2) is 24.5 Å². The molecule has 7 nitrogen and oxygen atoms in total. The topological polar surface area (TPSA) is 98.7 Å². The van der Waals surface area contributed by atoms with Crippen molar-refractivity contribution in [1.29, 1.82) is 0 Å². The number of nitrogens with zero attached hydrogens (tertiary/aromatic N) is 4. The van der Waals surface area contributed by atoms with Crippen LogP contribution in [0.3, 0.4) is 0 Å². The molecular formula is C14H20N6O. The Morgan fingerprint density at radius 1 is 1.43 bits per heavy atom. The Morgan fingerprint density at radius 3 is 2.81 bits per heavy atom. The zero-order valence-electron chi connectivity index (χ0n) is 12.4. The zero-order valence-corrected chi connectivity index (χ0v) is 12.4. The minimum atomic E-state index is -0.511. The quantitative estimate of drug-likeness (QED) is 0.863. The number of benzene rings is 1. The number of nitrogens with one attached hydrogen (secondary N) is 1. The van der Waals surface area contributed by atoms with Crippen molar-refractivity contribution in [3.63, 3.8) is 0 Å². The summed E-state index contributed by atoms with van der Waals surface area (Å²) in [7, 11) is 0. The lowest BCUT2D eigenvalue weighted by Crippen LogP contribution is -2.36. The number of aromatic nitrogens is 4. The summed E-state index contributed by atoms with van der Waals surface area (Å²) < 4.78 is 1.55. The number of hydrogen-bond donors (Lipinski definition) is 2. The molecule has 0 spiro atoms. The van der Waals surface area contributed by atoms with Gasteiger partial charge in [0.1, 0.15) is 6.33 Å². The van der Waals surface area contributed by atoms with Gasteiger partial charge in [0, 0.05) is 5.69 Å². The standard InChI is InChI=1S/C14H20N6O/c1-9(2)6-12(15)14(21)17-11-5-4-10(3)13(7-11)20-8-16-18-19-20/h4-5,7-9,12H,6,15H2,1-3H3,(H,17,21)/t12-/m0/s1. The normalized spacial score (nSPS) is 12.4. The molecule has 1 aromatic carbocycles.